The molecule has 0 aromatic rings. The van der Waals surface area contributed by atoms with Crippen molar-refractivity contribution in [1.29, 1.82) is 0 Å². The molecule has 0 aromatic heterocycles. The van der Waals surface area contributed by atoms with Gasteiger partial charge in [0.2, 0.25) is 0 Å². The van der Waals surface area contributed by atoms with E-state index in [2.05, 4.69) is 81.5 Å². The fourth-order valence-electron chi connectivity index (χ4n) is 9.06. The van der Waals surface area contributed by atoms with Gasteiger partial charge in [0, 0.05) is 19.3 Å². The van der Waals surface area contributed by atoms with Crippen molar-refractivity contribution < 1.29 is 28.6 Å². The molecule has 0 bridgehead atoms. The molecular formula is C66H118O6. The summed E-state index contributed by atoms with van der Waals surface area (Å²) in [5, 5.41) is 0. The first-order valence-corrected chi connectivity index (χ1v) is 31.3. The number of hydrogen-bond donors (Lipinski definition) is 0. The van der Waals surface area contributed by atoms with E-state index in [1.54, 1.807) is 0 Å². The molecule has 0 amide bonds. The zero-order chi connectivity index (χ0) is 52.2. The van der Waals surface area contributed by atoms with Crippen LogP contribution in [0.1, 0.15) is 323 Å². The van der Waals surface area contributed by atoms with E-state index in [0.29, 0.717) is 19.3 Å². The van der Waals surface area contributed by atoms with Crippen LogP contribution in [0, 0.1) is 0 Å². The molecule has 418 valence electrons. The zero-order valence-corrected chi connectivity index (χ0v) is 47.9. The van der Waals surface area contributed by atoms with E-state index in [0.717, 1.165) is 96.3 Å². The second kappa shape index (κ2) is 60.7. The molecule has 0 rings (SSSR count). The summed E-state index contributed by atoms with van der Waals surface area (Å²) in [6.07, 6.45) is 76.9. The molecule has 6 nitrogen and oxygen atoms in total. The van der Waals surface area contributed by atoms with Crippen LogP contribution in [-0.2, 0) is 28.6 Å². The highest BCUT2D eigenvalue weighted by Gasteiger charge is 2.19. The number of ether oxygens (including phenoxy) is 3. The molecule has 1 atom stereocenters. The van der Waals surface area contributed by atoms with E-state index in [4.69, 9.17) is 14.2 Å². The molecule has 0 aliphatic rings. The quantitative estimate of drug-likeness (QED) is 0.0261. The van der Waals surface area contributed by atoms with Gasteiger partial charge in [-0.05, 0) is 77.0 Å². The van der Waals surface area contributed by atoms with E-state index in [1.807, 2.05) is 0 Å². The van der Waals surface area contributed by atoms with Crippen LogP contribution in [0.4, 0.5) is 0 Å². The molecule has 0 fully saturated rings. The van der Waals surface area contributed by atoms with Crippen LogP contribution in [0.5, 0.6) is 0 Å². The SMILES string of the molecule is CC/C=C\C/C=C\C/C=C\C/C=C\CCCCCCCCCCCCCCCCCCCCCCC(=O)OCC(COC(=O)CCCCCCCCCCCC)OC(=O)CCCCCCC/C=C\CCCC. The van der Waals surface area contributed by atoms with Crippen LogP contribution in [0.25, 0.3) is 0 Å². The van der Waals surface area contributed by atoms with Crippen LogP contribution in [-0.4, -0.2) is 37.2 Å². The Bertz CT molecular complexity index is 1290. The summed E-state index contributed by atoms with van der Waals surface area (Å²) in [7, 11) is 0. The molecule has 0 aromatic carbocycles. The van der Waals surface area contributed by atoms with Gasteiger partial charge in [0.25, 0.3) is 0 Å². The molecule has 0 radical (unpaired) electrons. The number of carbonyl (C=O) groups is 3. The van der Waals surface area contributed by atoms with Crippen molar-refractivity contribution >= 4 is 17.9 Å². The van der Waals surface area contributed by atoms with E-state index in [-0.39, 0.29) is 31.1 Å². The third kappa shape index (κ3) is 58.0. The van der Waals surface area contributed by atoms with Crippen molar-refractivity contribution in [2.75, 3.05) is 13.2 Å². The Hall–Kier alpha value is -2.89. The Kier molecular flexibility index (Phi) is 58.2. The first-order chi connectivity index (χ1) is 35.5. The molecule has 0 aliphatic carbocycles. The molecule has 1 unspecified atom stereocenters. The van der Waals surface area contributed by atoms with Gasteiger partial charge < -0.3 is 14.2 Å². The smallest absolute Gasteiger partial charge is 0.306 e. The summed E-state index contributed by atoms with van der Waals surface area (Å²) in [5.41, 5.74) is 0. The van der Waals surface area contributed by atoms with E-state index < -0.39 is 6.10 Å². The summed E-state index contributed by atoms with van der Waals surface area (Å²) < 4.78 is 16.8. The second-order valence-corrected chi connectivity index (χ2v) is 20.9. The molecular weight excluding hydrogens is 889 g/mol. The number of unbranched alkanes of at least 4 members (excludes halogenated alkanes) is 36. The first-order valence-electron chi connectivity index (χ1n) is 31.3. The minimum atomic E-state index is -0.772. The Morgan fingerprint density at radius 1 is 0.292 bits per heavy atom. The van der Waals surface area contributed by atoms with Crippen LogP contribution < -0.4 is 0 Å². The average molecular weight is 1010 g/mol. The minimum absolute atomic E-state index is 0.0722. The lowest BCUT2D eigenvalue weighted by atomic mass is 10.0. The summed E-state index contributed by atoms with van der Waals surface area (Å²) in [5.74, 6) is -0.869. The lowest BCUT2D eigenvalue weighted by Crippen LogP contribution is -2.30. The summed E-state index contributed by atoms with van der Waals surface area (Å²) in [6, 6.07) is 0. The van der Waals surface area contributed by atoms with Crippen LogP contribution in [0.15, 0.2) is 60.8 Å². The van der Waals surface area contributed by atoms with E-state index >= 15 is 0 Å². The number of allylic oxidation sites excluding steroid dienone is 10. The van der Waals surface area contributed by atoms with Gasteiger partial charge in [-0.15, -0.1) is 0 Å². The summed E-state index contributed by atoms with van der Waals surface area (Å²) in [4.78, 5) is 38.0. The molecule has 0 N–H and O–H groups in total. The first kappa shape index (κ1) is 69.1. The van der Waals surface area contributed by atoms with Crippen molar-refractivity contribution in [1.82, 2.24) is 0 Å². The average Bonchev–Trinajstić information content (AvgIpc) is 3.38. The van der Waals surface area contributed by atoms with Gasteiger partial charge in [-0.1, -0.05) is 287 Å². The standard InChI is InChI=1S/C66H118O6/c1-4-7-10-13-16-19-22-23-24-25-26-27-28-29-30-31-32-33-34-35-36-37-38-39-40-41-42-43-45-47-50-53-56-59-65(68)71-62-63(61-70-64(67)58-55-52-49-46-21-18-15-12-9-6-3)72-66(69)60-57-54-51-48-44-20-17-14-11-8-5-2/h7,10,14,16-17,19,23-24,26-27,63H,4-6,8-9,11-13,15,18,20-22,25,28-62H2,1-3H3/b10-7-,17-14-,19-16-,24-23-,27-26-. The van der Waals surface area contributed by atoms with Gasteiger partial charge in [0.1, 0.15) is 13.2 Å². The third-order valence-corrected chi connectivity index (χ3v) is 13.8. The molecule has 0 aliphatic heterocycles. The highest BCUT2D eigenvalue weighted by molar-refractivity contribution is 5.71. The summed E-state index contributed by atoms with van der Waals surface area (Å²) >= 11 is 0. The topological polar surface area (TPSA) is 78.9 Å². The van der Waals surface area contributed by atoms with Gasteiger partial charge in [-0.2, -0.15) is 0 Å². The molecule has 6 heteroatoms. The Labute approximate surface area is 447 Å². The largest absolute Gasteiger partial charge is 0.462 e. The molecule has 0 saturated heterocycles. The fourth-order valence-corrected chi connectivity index (χ4v) is 9.06. The number of rotatable bonds is 57. The van der Waals surface area contributed by atoms with E-state index in [1.165, 1.54) is 186 Å². The predicted molar refractivity (Wildman–Crippen MR) is 312 cm³/mol. The Morgan fingerprint density at radius 3 is 0.903 bits per heavy atom. The van der Waals surface area contributed by atoms with Crippen molar-refractivity contribution in [2.45, 2.75) is 329 Å². The number of hydrogen-bond acceptors (Lipinski definition) is 6. The van der Waals surface area contributed by atoms with Crippen LogP contribution in [0.2, 0.25) is 0 Å². The van der Waals surface area contributed by atoms with Crippen molar-refractivity contribution in [3.05, 3.63) is 60.8 Å². The maximum absolute atomic E-state index is 12.8. The highest BCUT2D eigenvalue weighted by Crippen LogP contribution is 2.17. The maximum Gasteiger partial charge on any atom is 0.306 e. The summed E-state index contributed by atoms with van der Waals surface area (Å²) in [6.45, 7) is 6.50. The van der Waals surface area contributed by atoms with Crippen LogP contribution >= 0.6 is 0 Å². The lowest BCUT2D eigenvalue weighted by Gasteiger charge is -2.18. The monoisotopic (exact) mass is 1010 g/mol. The van der Waals surface area contributed by atoms with Crippen molar-refractivity contribution in [3.8, 4) is 0 Å². The van der Waals surface area contributed by atoms with Gasteiger partial charge in [0.05, 0.1) is 0 Å². The third-order valence-electron chi connectivity index (χ3n) is 13.8. The lowest BCUT2D eigenvalue weighted by molar-refractivity contribution is -0.167. The molecule has 0 spiro atoms. The van der Waals surface area contributed by atoms with Crippen molar-refractivity contribution in [3.63, 3.8) is 0 Å². The second-order valence-electron chi connectivity index (χ2n) is 20.9. The maximum atomic E-state index is 12.8. The fraction of sp³-hybridized carbons (Fsp3) is 0.803. The number of carbonyl (C=O) groups excluding carboxylic acids is 3. The van der Waals surface area contributed by atoms with Gasteiger partial charge in [-0.3, -0.25) is 14.4 Å². The minimum Gasteiger partial charge on any atom is -0.462 e. The van der Waals surface area contributed by atoms with Crippen LogP contribution in [0.3, 0.4) is 0 Å². The Balaban J connectivity index is 3.99. The van der Waals surface area contributed by atoms with Gasteiger partial charge >= 0.3 is 17.9 Å². The number of esters is 3. The molecule has 0 saturated carbocycles. The molecule has 72 heavy (non-hydrogen) atoms. The molecule has 0 heterocycles. The van der Waals surface area contributed by atoms with Gasteiger partial charge in [0.15, 0.2) is 6.10 Å². The normalized spacial score (nSPS) is 12.4. The van der Waals surface area contributed by atoms with E-state index in [9.17, 15) is 14.4 Å². The highest BCUT2D eigenvalue weighted by atomic mass is 16.6. The van der Waals surface area contributed by atoms with Crippen molar-refractivity contribution in [2.24, 2.45) is 0 Å². The Morgan fingerprint density at radius 2 is 0.556 bits per heavy atom. The predicted octanol–water partition coefficient (Wildman–Crippen LogP) is 21.2. The van der Waals surface area contributed by atoms with Gasteiger partial charge in [-0.25, -0.2) is 0 Å². The zero-order valence-electron chi connectivity index (χ0n) is 47.9.